The number of hydrogen-bond donors (Lipinski definition) is 0. The second kappa shape index (κ2) is 8.55. The van der Waals surface area contributed by atoms with E-state index in [1.165, 1.54) is 0 Å². The van der Waals surface area contributed by atoms with E-state index in [-0.39, 0.29) is 23.0 Å². The van der Waals surface area contributed by atoms with Crippen molar-refractivity contribution in [1.82, 2.24) is 0 Å². The van der Waals surface area contributed by atoms with Crippen molar-refractivity contribution in [2.45, 2.75) is 103 Å². The molecular formula is C21H37FO3Si. The summed E-state index contributed by atoms with van der Waals surface area (Å²) in [4.78, 5) is 11.5. The SMILES string of the molecule is CCCCC(F)[C@@H](/C=C/[C@H]1CC[C@@H]2OC(=O)C[C@@H]21)O[Si](C)(C)C(C)(C)C. The lowest BCUT2D eigenvalue weighted by molar-refractivity contribution is -0.141. The van der Waals surface area contributed by atoms with Gasteiger partial charge in [-0.2, -0.15) is 0 Å². The van der Waals surface area contributed by atoms with Gasteiger partial charge in [-0.1, -0.05) is 52.7 Å². The van der Waals surface area contributed by atoms with E-state index >= 15 is 0 Å². The Morgan fingerprint density at radius 1 is 1.35 bits per heavy atom. The molecule has 0 amide bonds. The van der Waals surface area contributed by atoms with Gasteiger partial charge in [-0.05, 0) is 43.3 Å². The van der Waals surface area contributed by atoms with Crippen LogP contribution in [0.3, 0.4) is 0 Å². The number of fused-ring (bicyclic) bond motifs is 1. The fourth-order valence-corrected chi connectivity index (χ4v) is 4.96. The molecule has 1 aliphatic carbocycles. The average molecular weight is 385 g/mol. The lowest BCUT2D eigenvalue weighted by Gasteiger charge is -2.39. The first kappa shape index (κ1) is 21.6. The molecule has 0 bridgehead atoms. The second-order valence-electron chi connectivity index (χ2n) is 9.52. The van der Waals surface area contributed by atoms with E-state index in [9.17, 15) is 9.18 Å². The Morgan fingerprint density at radius 3 is 2.65 bits per heavy atom. The molecule has 2 rings (SSSR count). The first-order valence-corrected chi connectivity index (χ1v) is 13.2. The maximum Gasteiger partial charge on any atom is 0.306 e. The molecule has 1 saturated heterocycles. The predicted octanol–water partition coefficient (Wildman–Crippen LogP) is 5.80. The molecule has 5 heteroatoms. The lowest BCUT2D eigenvalue weighted by atomic mass is 9.92. The van der Waals surface area contributed by atoms with E-state index in [2.05, 4.69) is 46.9 Å². The summed E-state index contributed by atoms with van der Waals surface area (Å²) < 4.78 is 26.8. The van der Waals surface area contributed by atoms with Crippen LogP contribution in [0.15, 0.2) is 12.2 Å². The van der Waals surface area contributed by atoms with Gasteiger partial charge in [0.25, 0.3) is 0 Å². The van der Waals surface area contributed by atoms with Crippen molar-refractivity contribution in [3.05, 3.63) is 12.2 Å². The normalized spacial score (nSPS) is 29.0. The minimum atomic E-state index is -2.05. The predicted molar refractivity (Wildman–Crippen MR) is 106 cm³/mol. The molecule has 0 radical (unpaired) electrons. The Morgan fingerprint density at radius 2 is 2.04 bits per heavy atom. The van der Waals surface area contributed by atoms with Crippen molar-refractivity contribution >= 4 is 14.3 Å². The van der Waals surface area contributed by atoms with Crippen LogP contribution < -0.4 is 0 Å². The Labute approximate surface area is 159 Å². The van der Waals surface area contributed by atoms with E-state index in [4.69, 9.17) is 9.16 Å². The lowest BCUT2D eigenvalue weighted by Crippen LogP contribution is -2.45. The zero-order valence-corrected chi connectivity index (χ0v) is 18.4. The Bertz CT molecular complexity index is 512. The van der Waals surface area contributed by atoms with Crippen LogP contribution in [0.1, 0.15) is 66.2 Å². The minimum Gasteiger partial charge on any atom is -0.462 e. The number of carbonyl (C=O) groups is 1. The van der Waals surface area contributed by atoms with Gasteiger partial charge in [0, 0.05) is 5.92 Å². The Hall–Kier alpha value is -0.683. The van der Waals surface area contributed by atoms with Gasteiger partial charge >= 0.3 is 5.97 Å². The van der Waals surface area contributed by atoms with E-state index < -0.39 is 20.6 Å². The van der Waals surface area contributed by atoms with Crippen LogP contribution in [0.2, 0.25) is 18.1 Å². The molecule has 0 aromatic carbocycles. The number of carbonyl (C=O) groups excluding carboxylic acids is 1. The van der Waals surface area contributed by atoms with E-state index in [1.807, 2.05) is 6.08 Å². The van der Waals surface area contributed by atoms with Crippen molar-refractivity contribution < 1.29 is 18.3 Å². The number of rotatable bonds is 8. The van der Waals surface area contributed by atoms with Crippen LogP contribution >= 0.6 is 0 Å². The standard InChI is InChI=1S/C21H37FO3Si/c1-7-8-9-17(22)19(25-26(5,6)21(2,3)4)13-11-15-10-12-18-16(15)14-20(23)24-18/h11,13,15-19H,7-10,12,14H2,1-6H3/b13-11+/t15-,16-,17?,18+,19-/m1/s1. The molecule has 26 heavy (non-hydrogen) atoms. The molecule has 0 aromatic rings. The highest BCUT2D eigenvalue weighted by Crippen LogP contribution is 2.42. The van der Waals surface area contributed by atoms with Crippen molar-refractivity contribution in [2.24, 2.45) is 11.8 Å². The second-order valence-corrected chi connectivity index (χ2v) is 14.3. The summed E-state index contributed by atoms with van der Waals surface area (Å²) in [6.07, 6.45) is 7.52. The molecule has 1 unspecified atom stereocenters. The fourth-order valence-electron chi connectivity index (χ4n) is 3.70. The van der Waals surface area contributed by atoms with Gasteiger partial charge < -0.3 is 9.16 Å². The molecular weight excluding hydrogens is 347 g/mol. The van der Waals surface area contributed by atoms with Gasteiger partial charge in [-0.15, -0.1) is 0 Å². The van der Waals surface area contributed by atoms with Crippen molar-refractivity contribution in [3.8, 4) is 0 Å². The van der Waals surface area contributed by atoms with Crippen LogP contribution in [0.4, 0.5) is 4.39 Å². The van der Waals surface area contributed by atoms with Gasteiger partial charge in [-0.3, -0.25) is 4.79 Å². The molecule has 3 nitrogen and oxygen atoms in total. The molecule has 0 N–H and O–H groups in total. The number of hydrogen-bond acceptors (Lipinski definition) is 3. The van der Waals surface area contributed by atoms with Gasteiger partial charge in [0.1, 0.15) is 12.3 Å². The number of ether oxygens (including phenoxy) is 1. The number of unbranched alkanes of at least 4 members (excludes halogenated alkanes) is 1. The van der Waals surface area contributed by atoms with Crippen molar-refractivity contribution in [2.75, 3.05) is 0 Å². The third-order valence-electron chi connectivity index (χ3n) is 6.47. The Kier molecular flexibility index (Phi) is 7.11. The molecule has 2 fully saturated rings. The molecule has 1 aliphatic heterocycles. The molecule has 2 aliphatic rings. The summed E-state index contributed by atoms with van der Waals surface area (Å²) in [6, 6.07) is 0. The third-order valence-corrected chi connectivity index (χ3v) is 10.9. The van der Waals surface area contributed by atoms with Crippen molar-refractivity contribution in [3.63, 3.8) is 0 Å². The summed E-state index contributed by atoms with van der Waals surface area (Å²) in [5.74, 6) is 0.481. The highest BCUT2D eigenvalue weighted by Gasteiger charge is 2.44. The molecule has 0 spiro atoms. The van der Waals surface area contributed by atoms with Crippen LogP contribution in [0.25, 0.3) is 0 Å². The quantitative estimate of drug-likeness (QED) is 0.301. The monoisotopic (exact) mass is 384 g/mol. The number of halogens is 1. The van der Waals surface area contributed by atoms with Gasteiger partial charge in [0.15, 0.2) is 8.32 Å². The largest absolute Gasteiger partial charge is 0.462 e. The molecule has 1 saturated carbocycles. The topological polar surface area (TPSA) is 35.5 Å². The maximum atomic E-state index is 14.9. The first-order chi connectivity index (χ1) is 12.0. The summed E-state index contributed by atoms with van der Waals surface area (Å²) in [5, 5.41) is 0.0493. The zero-order valence-electron chi connectivity index (χ0n) is 17.4. The average Bonchev–Trinajstić information content (AvgIpc) is 3.07. The Balaban J connectivity index is 2.09. The summed E-state index contributed by atoms with van der Waals surface area (Å²) in [5.41, 5.74) is 0. The van der Waals surface area contributed by atoms with E-state index in [0.29, 0.717) is 18.8 Å². The summed E-state index contributed by atoms with van der Waals surface area (Å²) in [7, 11) is -2.05. The van der Waals surface area contributed by atoms with E-state index in [0.717, 1.165) is 25.7 Å². The van der Waals surface area contributed by atoms with E-state index in [1.54, 1.807) is 0 Å². The molecule has 5 atom stereocenters. The van der Waals surface area contributed by atoms with Crippen molar-refractivity contribution in [1.29, 1.82) is 0 Å². The zero-order chi connectivity index (χ0) is 19.5. The van der Waals surface area contributed by atoms with Crippen LogP contribution in [0, 0.1) is 11.8 Å². The highest BCUT2D eigenvalue weighted by molar-refractivity contribution is 6.74. The third kappa shape index (κ3) is 5.19. The number of allylic oxidation sites excluding steroid dienone is 1. The first-order valence-electron chi connectivity index (χ1n) is 10.2. The maximum absolute atomic E-state index is 14.9. The minimum absolute atomic E-state index is 0.0493. The van der Waals surface area contributed by atoms with Crippen LogP contribution in [0.5, 0.6) is 0 Å². The fraction of sp³-hybridized carbons (Fsp3) is 0.857. The summed E-state index contributed by atoms with van der Waals surface area (Å²) in [6.45, 7) is 13.0. The van der Waals surface area contributed by atoms with Gasteiger partial charge in [0.05, 0.1) is 12.5 Å². The van der Waals surface area contributed by atoms with Crippen LogP contribution in [-0.2, 0) is 14.0 Å². The highest BCUT2D eigenvalue weighted by atomic mass is 28.4. The smallest absolute Gasteiger partial charge is 0.306 e. The van der Waals surface area contributed by atoms with Gasteiger partial charge in [0.2, 0.25) is 0 Å². The number of esters is 1. The van der Waals surface area contributed by atoms with Gasteiger partial charge in [-0.25, -0.2) is 4.39 Å². The number of alkyl halides is 1. The molecule has 1 heterocycles. The molecule has 150 valence electrons. The van der Waals surface area contributed by atoms with Crippen LogP contribution in [-0.4, -0.2) is 32.7 Å². The summed E-state index contributed by atoms with van der Waals surface area (Å²) >= 11 is 0. The molecule has 0 aromatic heterocycles.